The van der Waals surface area contributed by atoms with Crippen molar-refractivity contribution >= 4 is 17.4 Å². The molecule has 2 atom stereocenters. The van der Waals surface area contributed by atoms with E-state index in [1.54, 1.807) is 6.20 Å². The number of anilines is 1. The maximum absolute atomic E-state index is 12.4. The van der Waals surface area contributed by atoms with Crippen LogP contribution >= 0.6 is 11.6 Å². The molecular weight excluding hydrogens is 245 g/mol. The summed E-state index contributed by atoms with van der Waals surface area (Å²) in [6, 6.07) is 0. The standard InChI is InChI=1S/C11H15ClFN3O/c12-10-11(15-5-4-14-10)16-6-2-9(17)8(7-16)1-3-13/h4-5,8-9,17H,1-3,6-7H2. The largest absolute Gasteiger partial charge is 0.393 e. The molecule has 0 saturated carbocycles. The van der Waals surface area contributed by atoms with Crippen LogP contribution in [0.3, 0.4) is 0 Å². The Labute approximate surface area is 104 Å². The van der Waals surface area contributed by atoms with Gasteiger partial charge in [0.05, 0.1) is 12.8 Å². The molecule has 1 aliphatic rings. The number of aliphatic hydroxyl groups is 1. The van der Waals surface area contributed by atoms with Gasteiger partial charge >= 0.3 is 0 Å². The maximum Gasteiger partial charge on any atom is 0.171 e. The van der Waals surface area contributed by atoms with Gasteiger partial charge in [0, 0.05) is 31.4 Å². The predicted molar refractivity (Wildman–Crippen MR) is 64.0 cm³/mol. The summed E-state index contributed by atoms with van der Waals surface area (Å²) in [6.07, 6.45) is 3.66. The van der Waals surface area contributed by atoms with Crippen LogP contribution in [0.2, 0.25) is 5.15 Å². The lowest BCUT2D eigenvalue weighted by Crippen LogP contribution is -2.44. The van der Waals surface area contributed by atoms with Gasteiger partial charge in [0.25, 0.3) is 0 Å². The normalized spacial score (nSPS) is 25.0. The summed E-state index contributed by atoms with van der Waals surface area (Å²) < 4.78 is 12.4. The number of aromatic nitrogens is 2. The number of alkyl halides is 1. The summed E-state index contributed by atoms with van der Waals surface area (Å²) in [5.74, 6) is 0.553. The predicted octanol–water partition coefficient (Wildman–Crippen LogP) is 1.68. The summed E-state index contributed by atoms with van der Waals surface area (Å²) in [4.78, 5) is 10.1. The van der Waals surface area contributed by atoms with E-state index in [9.17, 15) is 9.50 Å². The van der Waals surface area contributed by atoms with Crippen LogP contribution in [0.4, 0.5) is 10.2 Å². The van der Waals surface area contributed by atoms with Gasteiger partial charge in [0.1, 0.15) is 0 Å². The number of hydrogen-bond donors (Lipinski definition) is 1. The first kappa shape index (κ1) is 12.5. The summed E-state index contributed by atoms with van der Waals surface area (Å²) in [5, 5.41) is 10.1. The minimum absolute atomic E-state index is 0.0631. The molecule has 0 radical (unpaired) electrons. The Bertz CT molecular complexity index is 379. The molecule has 4 nitrogen and oxygen atoms in total. The number of hydrogen-bond acceptors (Lipinski definition) is 4. The molecule has 2 rings (SSSR count). The zero-order valence-corrected chi connectivity index (χ0v) is 10.1. The Balaban J connectivity index is 2.10. The molecule has 1 aromatic heterocycles. The molecule has 0 spiro atoms. The summed E-state index contributed by atoms with van der Waals surface area (Å²) in [6.45, 7) is 0.829. The van der Waals surface area contributed by atoms with Gasteiger partial charge in [0.2, 0.25) is 0 Å². The van der Waals surface area contributed by atoms with Gasteiger partial charge in [-0.1, -0.05) is 11.6 Å². The Morgan fingerprint density at radius 2 is 2.24 bits per heavy atom. The number of halogens is 2. The molecule has 1 aliphatic heterocycles. The fraction of sp³-hybridized carbons (Fsp3) is 0.636. The van der Waals surface area contributed by atoms with Crippen LogP contribution in [-0.2, 0) is 0 Å². The summed E-state index contributed by atoms with van der Waals surface area (Å²) >= 11 is 5.97. The van der Waals surface area contributed by atoms with E-state index >= 15 is 0 Å². The van der Waals surface area contributed by atoms with E-state index < -0.39 is 12.8 Å². The van der Waals surface area contributed by atoms with Crippen molar-refractivity contribution in [3.63, 3.8) is 0 Å². The Kier molecular flexibility index (Phi) is 4.12. The quantitative estimate of drug-likeness (QED) is 0.897. The van der Waals surface area contributed by atoms with E-state index in [1.165, 1.54) is 6.20 Å². The molecule has 1 fully saturated rings. The minimum Gasteiger partial charge on any atom is -0.393 e. The second-order valence-corrected chi connectivity index (χ2v) is 4.57. The van der Waals surface area contributed by atoms with Crippen molar-refractivity contribution in [1.29, 1.82) is 0 Å². The fourth-order valence-corrected chi connectivity index (χ4v) is 2.39. The van der Waals surface area contributed by atoms with Crippen LogP contribution in [0.1, 0.15) is 12.8 Å². The van der Waals surface area contributed by atoms with Crippen LogP contribution in [-0.4, -0.2) is 40.9 Å². The zero-order chi connectivity index (χ0) is 12.3. The summed E-state index contributed by atoms with van der Waals surface area (Å²) in [7, 11) is 0. The van der Waals surface area contributed by atoms with Crippen molar-refractivity contribution in [2.75, 3.05) is 24.7 Å². The van der Waals surface area contributed by atoms with Crippen LogP contribution in [0, 0.1) is 5.92 Å². The molecule has 6 heteroatoms. The van der Waals surface area contributed by atoms with Crippen LogP contribution < -0.4 is 4.90 Å². The first-order valence-corrected chi connectivity index (χ1v) is 6.05. The van der Waals surface area contributed by atoms with Gasteiger partial charge in [0.15, 0.2) is 11.0 Å². The number of rotatable bonds is 3. The topological polar surface area (TPSA) is 49.2 Å². The monoisotopic (exact) mass is 259 g/mol. The van der Waals surface area contributed by atoms with E-state index in [-0.39, 0.29) is 5.92 Å². The third kappa shape index (κ3) is 2.84. The van der Waals surface area contributed by atoms with Gasteiger partial charge in [-0.3, -0.25) is 4.39 Å². The van der Waals surface area contributed by atoms with Crippen molar-refractivity contribution < 1.29 is 9.50 Å². The van der Waals surface area contributed by atoms with Crippen molar-refractivity contribution in [3.8, 4) is 0 Å². The molecule has 94 valence electrons. The zero-order valence-electron chi connectivity index (χ0n) is 9.39. The smallest absolute Gasteiger partial charge is 0.171 e. The number of aliphatic hydroxyl groups excluding tert-OH is 1. The first-order valence-electron chi connectivity index (χ1n) is 5.68. The molecule has 0 aromatic carbocycles. The molecule has 17 heavy (non-hydrogen) atoms. The van der Waals surface area contributed by atoms with Crippen molar-refractivity contribution in [1.82, 2.24) is 9.97 Å². The first-order chi connectivity index (χ1) is 8.22. The summed E-state index contributed by atoms with van der Waals surface area (Å²) in [5.41, 5.74) is 0. The van der Waals surface area contributed by atoms with Crippen LogP contribution in [0.15, 0.2) is 12.4 Å². The van der Waals surface area contributed by atoms with Gasteiger partial charge in [-0.25, -0.2) is 9.97 Å². The third-order valence-corrected chi connectivity index (χ3v) is 3.38. The second kappa shape index (κ2) is 5.60. The molecule has 2 heterocycles. The van der Waals surface area contributed by atoms with E-state index in [0.717, 1.165) is 0 Å². The number of nitrogens with zero attached hydrogens (tertiary/aromatic N) is 3. The van der Waals surface area contributed by atoms with Crippen molar-refractivity contribution in [2.24, 2.45) is 5.92 Å². The lowest BCUT2D eigenvalue weighted by Gasteiger charge is -2.36. The van der Waals surface area contributed by atoms with Crippen LogP contribution in [0.5, 0.6) is 0 Å². The highest BCUT2D eigenvalue weighted by Crippen LogP contribution is 2.27. The van der Waals surface area contributed by atoms with Crippen molar-refractivity contribution in [2.45, 2.75) is 18.9 Å². The third-order valence-electron chi connectivity index (χ3n) is 3.11. The lowest BCUT2D eigenvalue weighted by molar-refractivity contribution is 0.0792. The highest BCUT2D eigenvalue weighted by atomic mass is 35.5. The van der Waals surface area contributed by atoms with Gasteiger partial charge < -0.3 is 10.0 Å². The maximum atomic E-state index is 12.4. The Morgan fingerprint density at radius 3 is 2.94 bits per heavy atom. The van der Waals surface area contributed by atoms with Gasteiger partial charge in [-0.15, -0.1) is 0 Å². The lowest BCUT2D eigenvalue weighted by atomic mass is 9.92. The van der Waals surface area contributed by atoms with Crippen LogP contribution in [0.25, 0.3) is 0 Å². The molecule has 2 unspecified atom stereocenters. The molecule has 0 aliphatic carbocycles. The van der Waals surface area contributed by atoms with E-state index in [2.05, 4.69) is 9.97 Å². The molecule has 0 amide bonds. The van der Waals surface area contributed by atoms with Crippen molar-refractivity contribution in [3.05, 3.63) is 17.5 Å². The van der Waals surface area contributed by atoms with Gasteiger partial charge in [-0.05, 0) is 12.8 Å². The molecule has 1 N–H and O–H groups in total. The molecular formula is C11H15ClFN3O. The fourth-order valence-electron chi connectivity index (χ4n) is 2.16. The van der Waals surface area contributed by atoms with E-state index in [0.29, 0.717) is 36.9 Å². The van der Waals surface area contributed by atoms with E-state index in [1.807, 2.05) is 4.90 Å². The van der Waals surface area contributed by atoms with Gasteiger partial charge in [-0.2, -0.15) is 0 Å². The number of piperidine rings is 1. The second-order valence-electron chi connectivity index (χ2n) is 4.21. The molecule has 1 saturated heterocycles. The van der Waals surface area contributed by atoms with E-state index in [4.69, 9.17) is 11.6 Å². The Morgan fingerprint density at radius 1 is 1.47 bits per heavy atom. The molecule has 1 aromatic rings. The highest BCUT2D eigenvalue weighted by molar-refractivity contribution is 6.31. The minimum atomic E-state index is -0.433. The highest BCUT2D eigenvalue weighted by Gasteiger charge is 2.29. The Hall–Kier alpha value is -0.940. The SMILES string of the molecule is OC1CCN(c2nccnc2Cl)CC1CCF. The average molecular weight is 260 g/mol. The molecule has 0 bridgehead atoms. The average Bonchev–Trinajstić information content (AvgIpc) is 2.33.